The van der Waals surface area contributed by atoms with E-state index in [1.165, 1.54) is 0 Å². The van der Waals surface area contributed by atoms with Gasteiger partial charge in [-0.3, -0.25) is 9.59 Å². The summed E-state index contributed by atoms with van der Waals surface area (Å²) in [5.74, 6) is 0.545. The number of carbonyl (C=O) groups is 2. The number of carbonyl (C=O) groups excluding carboxylic acids is 2. The molecule has 1 atom stereocenters. The Morgan fingerprint density at radius 2 is 1.97 bits per heavy atom. The Balaban J connectivity index is 1.79. The molecule has 1 aliphatic heterocycles. The van der Waals surface area contributed by atoms with Crippen LogP contribution in [0.15, 0.2) is 47.5 Å². The maximum Gasteiger partial charge on any atom is 0.255 e. The molecule has 3 rings (SSSR count). The van der Waals surface area contributed by atoms with Crippen LogP contribution in [-0.4, -0.2) is 37.5 Å². The molecule has 1 unspecified atom stereocenters. The summed E-state index contributed by atoms with van der Waals surface area (Å²) >= 11 is 0. The Hall–Kier alpha value is -3.35. The van der Waals surface area contributed by atoms with E-state index in [0.717, 1.165) is 11.1 Å². The van der Waals surface area contributed by atoms with Crippen molar-refractivity contribution < 1.29 is 19.1 Å². The molecule has 0 bridgehead atoms. The second kappa shape index (κ2) is 10.1. The fourth-order valence-electron chi connectivity index (χ4n) is 3.16. The van der Waals surface area contributed by atoms with Gasteiger partial charge in [0.25, 0.3) is 5.91 Å². The van der Waals surface area contributed by atoms with Crippen LogP contribution in [0, 0.1) is 5.92 Å². The van der Waals surface area contributed by atoms with E-state index in [2.05, 4.69) is 15.6 Å². The Bertz CT molecular complexity index is 985. The molecule has 0 saturated heterocycles. The second-order valence-corrected chi connectivity index (χ2v) is 7.64. The van der Waals surface area contributed by atoms with E-state index in [-0.39, 0.29) is 23.8 Å². The van der Waals surface area contributed by atoms with Crippen molar-refractivity contribution in [3.05, 3.63) is 59.2 Å². The minimum atomic E-state index is -0.281. The third kappa shape index (κ3) is 5.63. The summed E-state index contributed by atoms with van der Waals surface area (Å²) < 4.78 is 11.2. The fraction of sp³-hybridized carbons (Fsp3) is 0.375. The molecule has 0 radical (unpaired) electrons. The summed E-state index contributed by atoms with van der Waals surface area (Å²) in [5, 5.41) is 5.85. The summed E-state index contributed by atoms with van der Waals surface area (Å²) in [5.41, 5.74) is 2.75. The number of amides is 2. The zero-order valence-electron chi connectivity index (χ0n) is 18.4. The van der Waals surface area contributed by atoms with Gasteiger partial charge in [0, 0.05) is 17.2 Å². The number of anilines is 1. The molecule has 31 heavy (non-hydrogen) atoms. The molecule has 2 amide bonds. The maximum atomic E-state index is 13.1. The van der Waals surface area contributed by atoms with Gasteiger partial charge in [-0.1, -0.05) is 26.0 Å². The Morgan fingerprint density at radius 1 is 1.16 bits per heavy atom. The van der Waals surface area contributed by atoms with E-state index >= 15 is 0 Å². The highest BCUT2D eigenvalue weighted by Crippen LogP contribution is 2.25. The molecule has 7 nitrogen and oxygen atoms in total. The van der Waals surface area contributed by atoms with Crippen LogP contribution in [0.3, 0.4) is 0 Å². The van der Waals surface area contributed by atoms with Crippen molar-refractivity contribution in [2.24, 2.45) is 10.9 Å². The maximum absolute atomic E-state index is 13.1. The summed E-state index contributed by atoms with van der Waals surface area (Å²) in [6, 6.07) is 12.6. The van der Waals surface area contributed by atoms with Crippen molar-refractivity contribution in [3.8, 4) is 5.75 Å². The van der Waals surface area contributed by atoms with Gasteiger partial charge in [0.15, 0.2) is 0 Å². The number of ether oxygens (including phenoxy) is 2. The number of aliphatic imine (C=N–C) groups is 1. The van der Waals surface area contributed by atoms with Crippen molar-refractivity contribution in [1.29, 1.82) is 0 Å². The SMILES string of the molecule is CCOc1ccc(NC(=O)C(C)C)cc1C(=O)NC(C)c1cccc(C2=NCCO2)c1. The summed E-state index contributed by atoms with van der Waals surface area (Å²) in [4.78, 5) is 29.5. The molecule has 2 N–H and O–H groups in total. The molecule has 0 saturated carbocycles. The lowest BCUT2D eigenvalue weighted by Crippen LogP contribution is -2.27. The zero-order chi connectivity index (χ0) is 22.4. The number of hydrogen-bond acceptors (Lipinski definition) is 5. The molecule has 0 fully saturated rings. The average Bonchev–Trinajstić information content (AvgIpc) is 3.30. The predicted molar refractivity (Wildman–Crippen MR) is 121 cm³/mol. The summed E-state index contributed by atoms with van der Waals surface area (Å²) in [6.07, 6.45) is 0. The predicted octanol–water partition coefficient (Wildman–Crippen LogP) is 3.95. The van der Waals surface area contributed by atoms with E-state index in [1.807, 2.05) is 52.0 Å². The number of benzene rings is 2. The van der Waals surface area contributed by atoms with Crippen LogP contribution in [0.5, 0.6) is 5.75 Å². The Labute approximate surface area is 182 Å². The van der Waals surface area contributed by atoms with Gasteiger partial charge in [0.05, 0.1) is 24.8 Å². The number of nitrogens with one attached hydrogen (secondary N) is 2. The van der Waals surface area contributed by atoms with Crippen molar-refractivity contribution in [2.75, 3.05) is 25.1 Å². The van der Waals surface area contributed by atoms with Crippen molar-refractivity contribution >= 4 is 23.4 Å². The van der Waals surface area contributed by atoms with Crippen LogP contribution in [0.2, 0.25) is 0 Å². The lowest BCUT2D eigenvalue weighted by Gasteiger charge is -2.18. The molecule has 0 aliphatic carbocycles. The van der Waals surface area contributed by atoms with Gasteiger partial charge in [0.2, 0.25) is 11.8 Å². The van der Waals surface area contributed by atoms with E-state index in [1.54, 1.807) is 18.2 Å². The van der Waals surface area contributed by atoms with Crippen molar-refractivity contribution in [1.82, 2.24) is 5.32 Å². The first-order valence-corrected chi connectivity index (χ1v) is 10.5. The quantitative estimate of drug-likeness (QED) is 0.673. The third-order valence-electron chi connectivity index (χ3n) is 4.88. The van der Waals surface area contributed by atoms with E-state index < -0.39 is 0 Å². The summed E-state index contributed by atoms with van der Waals surface area (Å²) in [7, 11) is 0. The highest BCUT2D eigenvalue weighted by Gasteiger charge is 2.19. The summed E-state index contributed by atoms with van der Waals surface area (Å²) in [6.45, 7) is 9.09. The number of nitrogens with zero attached hydrogens (tertiary/aromatic N) is 1. The van der Waals surface area contributed by atoms with Gasteiger partial charge in [-0.25, -0.2) is 4.99 Å². The van der Waals surface area contributed by atoms with Gasteiger partial charge in [-0.2, -0.15) is 0 Å². The standard InChI is InChI=1S/C24H29N3O4/c1-5-30-21-10-9-19(27-22(28)15(2)3)14-20(21)23(29)26-16(4)17-7-6-8-18(13-17)24-25-11-12-31-24/h6-10,13-16H,5,11-12H2,1-4H3,(H,26,29)(H,27,28). The lowest BCUT2D eigenvalue weighted by atomic mass is 10.0. The molecule has 0 aromatic heterocycles. The van der Waals surface area contributed by atoms with Crippen molar-refractivity contribution in [3.63, 3.8) is 0 Å². The van der Waals surface area contributed by atoms with E-state index in [0.29, 0.717) is 42.7 Å². The molecule has 1 heterocycles. The number of hydrogen-bond donors (Lipinski definition) is 2. The molecular formula is C24H29N3O4. The minimum absolute atomic E-state index is 0.113. The van der Waals surface area contributed by atoms with Crippen LogP contribution in [0.1, 0.15) is 55.2 Å². The van der Waals surface area contributed by atoms with Gasteiger partial charge in [0.1, 0.15) is 12.4 Å². The second-order valence-electron chi connectivity index (χ2n) is 7.64. The molecular weight excluding hydrogens is 394 g/mol. The normalized spacial score (nSPS) is 13.9. The molecule has 2 aromatic rings. The topological polar surface area (TPSA) is 89.0 Å². The highest BCUT2D eigenvalue weighted by molar-refractivity contribution is 6.00. The van der Waals surface area contributed by atoms with E-state index in [9.17, 15) is 9.59 Å². The Morgan fingerprint density at radius 3 is 2.65 bits per heavy atom. The third-order valence-corrected chi connectivity index (χ3v) is 4.88. The van der Waals surface area contributed by atoms with Gasteiger partial charge < -0.3 is 20.1 Å². The minimum Gasteiger partial charge on any atom is -0.493 e. The lowest BCUT2D eigenvalue weighted by molar-refractivity contribution is -0.118. The van der Waals surface area contributed by atoms with Crippen LogP contribution >= 0.6 is 0 Å². The first-order chi connectivity index (χ1) is 14.9. The molecule has 164 valence electrons. The van der Waals surface area contributed by atoms with Gasteiger partial charge in [-0.15, -0.1) is 0 Å². The molecule has 7 heteroatoms. The van der Waals surface area contributed by atoms with E-state index in [4.69, 9.17) is 9.47 Å². The first-order valence-electron chi connectivity index (χ1n) is 10.5. The van der Waals surface area contributed by atoms with Crippen LogP contribution < -0.4 is 15.4 Å². The monoisotopic (exact) mass is 423 g/mol. The smallest absolute Gasteiger partial charge is 0.255 e. The van der Waals surface area contributed by atoms with Gasteiger partial charge >= 0.3 is 0 Å². The highest BCUT2D eigenvalue weighted by atomic mass is 16.5. The van der Waals surface area contributed by atoms with Crippen LogP contribution in [0.25, 0.3) is 0 Å². The molecule has 0 spiro atoms. The fourth-order valence-corrected chi connectivity index (χ4v) is 3.16. The largest absolute Gasteiger partial charge is 0.493 e. The van der Waals surface area contributed by atoms with Gasteiger partial charge in [-0.05, 0) is 49.7 Å². The molecule has 1 aliphatic rings. The van der Waals surface area contributed by atoms with Crippen LogP contribution in [0.4, 0.5) is 5.69 Å². The first kappa shape index (κ1) is 22.3. The molecule has 2 aromatic carbocycles. The van der Waals surface area contributed by atoms with Crippen LogP contribution in [-0.2, 0) is 9.53 Å². The zero-order valence-corrected chi connectivity index (χ0v) is 18.4. The average molecular weight is 424 g/mol. The van der Waals surface area contributed by atoms with Crippen molar-refractivity contribution in [2.45, 2.75) is 33.7 Å². The Kier molecular flexibility index (Phi) is 7.28. The number of rotatable bonds is 8.